The van der Waals surface area contributed by atoms with Crippen LogP contribution < -0.4 is 5.32 Å². The fourth-order valence-electron chi connectivity index (χ4n) is 2.99. The molecule has 1 saturated heterocycles. The number of rotatable bonds is 8. The summed E-state index contributed by atoms with van der Waals surface area (Å²) in [7, 11) is 0. The molecule has 0 bridgehead atoms. The lowest BCUT2D eigenvalue weighted by molar-refractivity contribution is 0.130. The monoisotopic (exact) mass is 270 g/mol. The third kappa shape index (κ3) is 4.75. The lowest BCUT2D eigenvalue weighted by atomic mass is 10.1. The Kier molecular flexibility index (Phi) is 6.33. The molecule has 2 nitrogen and oxygen atoms in total. The summed E-state index contributed by atoms with van der Waals surface area (Å²) in [5.41, 5.74) is 0. The average Bonchev–Trinajstić information content (AvgIpc) is 3.20. The summed E-state index contributed by atoms with van der Waals surface area (Å²) in [6.45, 7) is 6.21. The molecule has 3 heteroatoms. The number of unbranched alkanes of at least 4 members (excludes halogenated alkanes) is 3. The van der Waals surface area contributed by atoms with Crippen molar-refractivity contribution in [3.63, 3.8) is 0 Å². The lowest BCUT2D eigenvalue weighted by Gasteiger charge is -2.39. The van der Waals surface area contributed by atoms with Gasteiger partial charge in [-0.15, -0.1) is 0 Å². The summed E-state index contributed by atoms with van der Waals surface area (Å²) >= 11 is 1.98. The van der Waals surface area contributed by atoms with Crippen LogP contribution in [0.4, 0.5) is 0 Å². The second-order valence-electron chi connectivity index (χ2n) is 6.10. The highest BCUT2D eigenvalue weighted by Crippen LogP contribution is 2.34. The molecule has 0 radical (unpaired) electrons. The Bertz CT molecular complexity index is 231. The zero-order valence-electron chi connectivity index (χ0n) is 12.2. The molecule has 1 N–H and O–H groups in total. The topological polar surface area (TPSA) is 15.3 Å². The first kappa shape index (κ1) is 14.7. The summed E-state index contributed by atoms with van der Waals surface area (Å²) in [6.07, 6.45) is 10.8. The van der Waals surface area contributed by atoms with E-state index < -0.39 is 0 Å². The van der Waals surface area contributed by atoms with Crippen LogP contribution in [0.15, 0.2) is 0 Å². The van der Waals surface area contributed by atoms with Crippen LogP contribution >= 0.6 is 11.8 Å². The van der Waals surface area contributed by atoms with E-state index in [4.69, 9.17) is 0 Å². The SMILES string of the molecule is CSCCCCCCN1CC(C2CC2)NCC1C. The Morgan fingerprint density at radius 1 is 1.17 bits per heavy atom. The Morgan fingerprint density at radius 3 is 2.67 bits per heavy atom. The molecule has 0 spiro atoms. The van der Waals surface area contributed by atoms with Crippen LogP contribution in [0.5, 0.6) is 0 Å². The van der Waals surface area contributed by atoms with E-state index in [1.165, 1.54) is 63.9 Å². The van der Waals surface area contributed by atoms with Gasteiger partial charge in [-0.2, -0.15) is 11.8 Å². The lowest BCUT2D eigenvalue weighted by Crippen LogP contribution is -2.56. The van der Waals surface area contributed by atoms with Crippen molar-refractivity contribution in [2.45, 2.75) is 57.5 Å². The minimum absolute atomic E-state index is 0.742. The molecule has 2 atom stereocenters. The number of nitrogens with one attached hydrogen (secondary N) is 1. The van der Waals surface area contributed by atoms with Gasteiger partial charge in [0, 0.05) is 25.2 Å². The molecule has 2 fully saturated rings. The third-order valence-electron chi connectivity index (χ3n) is 4.46. The van der Waals surface area contributed by atoms with Crippen molar-refractivity contribution in [2.75, 3.05) is 31.6 Å². The van der Waals surface area contributed by atoms with E-state index in [2.05, 4.69) is 23.4 Å². The van der Waals surface area contributed by atoms with E-state index in [9.17, 15) is 0 Å². The van der Waals surface area contributed by atoms with Crippen molar-refractivity contribution in [1.29, 1.82) is 0 Å². The quantitative estimate of drug-likeness (QED) is 0.683. The Labute approximate surface area is 117 Å². The molecule has 1 saturated carbocycles. The molecule has 2 unspecified atom stereocenters. The fraction of sp³-hybridized carbons (Fsp3) is 1.00. The van der Waals surface area contributed by atoms with E-state index in [1.54, 1.807) is 0 Å². The molecule has 18 heavy (non-hydrogen) atoms. The third-order valence-corrected chi connectivity index (χ3v) is 5.16. The smallest absolute Gasteiger partial charge is 0.0224 e. The van der Waals surface area contributed by atoms with Gasteiger partial charge < -0.3 is 5.32 Å². The van der Waals surface area contributed by atoms with Crippen LogP contribution in [0.3, 0.4) is 0 Å². The minimum Gasteiger partial charge on any atom is -0.311 e. The summed E-state index contributed by atoms with van der Waals surface area (Å²) < 4.78 is 0. The van der Waals surface area contributed by atoms with Crippen molar-refractivity contribution >= 4 is 11.8 Å². The van der Waals surface area contributed by atoms with Crippen molar-refractivity contribution in [3.8, 4) is 0 Å². The van der Waals surface area contributed by atoms with E-state index in [0.717, 1.165) is 18.0 Å². The molecular formula is C15H30N2S. The largest absolute Gasteiger partial charge is 0.311 e. The summed E-state index contributed by atoms with van der Waals surface area (Å²) in [5.74, 6) is 2.34. The molecule has 2 aliphatic rings. The van der Waals surface area contributed by atoms with Gasteiger partial charge in [-0.3, -0.25) is 4.90 Å². The van der Waals surface area contributed by atoms with Crippen molar-refractivity contribution < 1.29 is 0 Å². The molecule has 0 aromatic carbocycles. The van der Waals surface area contributed by atoms with Gasteiger partial charge in [0.2, 0.25) is 0 Å². The molecule has 1 heterocycles. The van der Waals surface area contributed by atoms with Gasteiger partial charge in [-0.25, -0.2) is 0 Å². The Morgan fingerprint density at radius 2 is 1.94 bits per heavy atom. The Hall–Kier alpha value is 0.270. The summed E-state index contributed by atoms with van der Waals surface area (Å²) in [5, 5.41) is 3.73. The predicted octanol–water partition coefficient (Wildman–Crippen LogP) is 2.98. The van der Waals surface area contributed by atoms with Crippen LogP contribution in [-0.2, 0) is 0 Å². The van der Waals surface area contributed by atoms with Gasteiger partial charge >= 0.3 is 0 Å². The molecule has 106 valence electrons. The van der Waals surface area contributed by atoms with E-state index >= 15 is 0 Å². The normalized spacial score (nSPS) is 29.7. The van der Waals surface area contributed by atoms with Crippen molar-refractivity contribution in [3.05, 3.63) is 0 Å². The average molecular weight is 270 g/mol. The zero-order chi connectivity index (χ0) is 12.8. The first-order valence-electron chi connectivity index (χ1n) is 7.77. The molecule has 1 aliphatic carbocycles. The van der Waals surface area contributed by atoms with Crippen LogP contribution in [0, 0.1) is 5.92 Å². The summed E-state index contributed by atoms with van der Waals surface area (Å²) in [4.78, 5) is 2.73. The van der Waals surface area contributed by atoms with Gasteiger partial charge in [0.25, 0.3) is 0 Å². The van der Waals surface area contributed by atoms with Gasteiger partial charge in [0.05, 0.1) is 0 Å². The van der Waals surface area contributed by atoms with E-state index in [1.807, 2.05) is 11.8 Å². The number of hydrogen-bond donors (Lipinski definition) is 1. The Balaban J connectivity index is 1.58. The van der Waals surface area contributed by atoms with Crippen LogP contribution in [0.1, 0.15) is 45.4 Å². The maximum Gasteiger partial charge on any atom is 0.0224 e. The summed E-state index contributed by atoms with van der Waals surface area (Å²) in [6, 6.07) is 1.55. The fourth-order valence-corrected chi connectivity index (χ4v) is 3.48. The van der Waals surface area contributed by atoms with Crippen molar-refractivity contribution in [2.24, 2.45) is 5.92 Å². The molecule has 0 amide bonds. The van der Waals surface area contributed by atoms with Crippen LogP contribution in [-0.4, -0.2) is 48.6 Å². The van der Waals surface area contributed by atoms with Crippen LogP contribution in [0.25, 0.3) is 0 Å². The van der Waals surface area contributed by atoms with Crippen molar-refractivity contribution in [1.82, 2.24) is 10.2 Å². The van der Waals surface area contributed by atoms with E-state index in [-0.39, 0.29) is 0 Å². The molecular weight excluding hydrogens is 240 g/mol. The van der Waals surface area contributed by atoms with Gasteiger partial charge in [-0.05, 0) is 57.1 Å². The molecule has 2 rings (SSSR count). The molecule has 0 aromatic heterocycles. The first-order chi connectivity index (χ1) is 8.81. The highest BCUT2D eigenvalue weighted by Gasteiger charge is 2.35. The predicted molar refractivity (Wildman–Crippen MR) is 82.4 cm³/mol. The maximum absolute atomic E-state index is 3.73. The maximum atomic E-state index is 3.73. The second kappa shape index (κ2) is 7.76. The standard InChI is InChI=1S/C15H30N2S/c1-13-11-16-15(14-7-8-14)12-17(13)9-5-3-4-6-10-18-2/h13-16H,3-12H2,1-2H3. The minimum atomic E-state index is 0.742. The number of nitrogens with zero attached hydrogens (tertiary/aromatic N) is 1. The first-order valence-corrected chi connectivity index (χ1v) is 9.17. The van der Waals surface area contributed by atoms with Crippen LogP contribution in [0.2, 0.25) is 0 Å². The highest BCUT2D eigenvalue weighted by atomic mass is 32.2. The highest BCUT2D eigenvalue weighted by molar-refractivity contribution is 7.98. The molecule has 0 aromatic rings. The van der Waals surface area contributed by atoms with Gasteiger partial charge in [0.15, 0.2) is 0 Å². The van der Waals surface area contributed by atoms with Gasteiger partial charge in [0.1, 0.15) is 0 Å². The number of hydrogen-bond acceptors (Lipinski definition) is 3. The zero-order valence-corrected chi connectivity index (χ0v) is 13.0. The second-order valence-corrected chi connectivity index (χ2v) is 7.09. The number of piperazine rings is 1. The van der Waals surface area contributed by atoms with Gasteiger partial charge in [-0.1, -0.05) is 12.8 Å². The van der Waals surface area contributed by atoms with E-state index in [0.29, 0.717) is 0 Å². The molecule has 1 aliphatic heterocycles. The number of thioether (sulfide) groups is 1.